The number of ether oxygens (including phenoxy) is 1. The fraction of sp³-hybridized carbons (Fsp3) is 0.250. The summed E-state index contributed by atoms with van der Waals surface area (Å²) in [4.78, 5) is 0. The Hall–Kier alpha value is -1.39. The van der Waals surface area contributed by atoms with Crippen LogP contribution < -0.4 is 10.1 Å². The van der Waals surface area contributed by atoms with Crippen LogP contribution in [0.2, 0.25) is 0 Å². The number of halogens is 2. The smallest absolute Gasteiger partial charge is 0.137 e. The normalized spacial score (nSPS) is 12.2. The van der Waals surface area contributed by atoms with E-state index < -0.39 is 0 Å². The maximum Gasteiger partial charge on any atom is 0.137 e. The van der Waals surface area contributed by atoms with E-state index in [2.05, 4.69) is 21.2 Å². The van der Waals surface area contributed by atoms with E-state index in [1.165, 1.54) is 6.07 Å². The van der Waals surface area contributed by atoms with Crippen molar-refractivity contribution in [2.24, 2.45) is 0 Å². The molecule has 2 rings (SSSR count). The van der Waals surface area contributed by atoms with Crippen molar-refractivity contribution in [3.63, 3.8) is 0 Å². The predicted octanol–water partition coefficient (Wildman–Crippen LogP) is 4.21. The highest BCUT2D eigenvalue weighted by molar-refractivity contribution is 9.10. The van der Waals surface area contributed by atoms with Gasteiger partial charge in [-0.15, -0.1) is 0 Å². The van der Waals surface area contributed by atoms with Gasteiger partial charge in [0.25, 0.3) is 0 Å². The Morgan fingerprint density at radius 2 is 1.95 bits per heavy atom. The minimum absolute atomic E-state index is 0.0778. The van der Waals surface area contributed by atoms with Gasteiger partial charge in [-0.3, -0.25) is 0 Å². The summed E-state index contributed by atoms with van der Waals surface area (Å²) in [5.74, 6) is 0.563. The second-order valence-electron chi connectivity index (χ2n) is 4.59. The third kappa shape index (κ3) is 2.86. The van der Waals surface area contributed by atoms with Gasteiger partial charge in [0.2, 0.25) is 0 Å². The zero-order valence-electron chi connectivity index (χ0n) is 11.7. The molecule has 2 nitrogen and oxygen atoms in total. The molecule has 0 amide bonds. The van der Waals surface area contributed by atoms with Crippen molar-refractivity contribution in [2.75, 3.05) is 14.2 Å². The molecular formula is C16H17BrFNO. The topological polar surface area (TPSA) is 21.3 Å². The molecule has 1 N–H and O–H groups in total. The summed E-state index contributed by atoms with van der Waals surface area (Å²) in [5, 5.41) is 3.24. The first-order valence-electron chi connectivity index (χ1n) is 6.34. The molecule has 0 saturated heterocycles. The van der Waals surface area contributed by atoms with E-state index >= 15 is 0 Å². The zero-order chi connectivity index (χ0) is 14.7. The fourth-order valence-corrected chi connectivity index (χ4v) is 2.81. The minimum Gasteiger partial charge on any atom is -0.497 e. The molecule has 0 aromatic heterocycles. The highest BCUT2D eigenvalue weighted by atomic mass is 79.9. The Kier molecular flexibility index (Phi) is 4.78. The van der Waals surface area contributed by atoms with Gasteiger partial charge in [0, 0.05) is 0 Å². The fourth-order valence-electron chi connectivity index (χ4n) is 2.32. The number of rotatable bonds is 4. The van der Waals surface area contributed by atoms with E-state index in [0.717, 1.165) is 22.4 Å². The lowest BCUT2D eigenvalue weighted by molar-refractivity contribution is 0.414. The molecule has 0 aliphatic rings. The highest BCUT2D eigenvalue weighted by Crippen LogP contribution is 2.32. The van der Waals surface area contributed by atoms with Crippen molar-refractivity contribution in [1.29, 1.82) is 0 Å². The molecule has 0 fully saturated rings. The van der Waals surface area contributed by atoms with Gasteiger partial charge in [0.15, 0.2) is 0 Å². The summed E-state index contributed by atoms with van der Waals surface area (Å²) in [7, 11) is 3.51. The molecule has 0 aliphatic heterocycles. The second-order valence-corrected chi connectivity index (χ2v) is 5.38. The molecule has 20 heavy (non-hydrogen) atoms. The predicted molar refractivity (Wildman–Crippen MR) is 82.7 cm³/mol. The SMILES string of the molecule is CNC(c1ccc(OC)cc1C)c1cccc(F)c1Br. The standard InChI is InChI=1S/C16H17BrFNO/c1-10-9-11(20-3)7-8-12(10)16(19-2)13-5-4-6-14(18)15(13)17/h4-9,16,19H,1-3H3. The average Bonchev–Trinajstić information content (AvgIpc) is 2.45. The molecule has 0 spiro atoms. The molecule has 4 heteroatoms. The largest absolute Gasteiger partial charge is 0.497 e. The Balaban J connectivity index is 2.50. The van der Waals surface area contributed by atoms with Crippen LogP contribution in [0.1, 0.15) is 22.7 Å². The van der Waals surface area contributed by atoms with Crippen molar-refractivity contribution < 1.29 is 9.13 Å². The number of methoxy groups -OCH3 is 1. The molecule has 0 radical (unpaired) electrons. The van der Waals surface area contributed by atoms with Crippen LogP contribution >= 0.6 is 15.9 Å². The minimum atomic E-state index is -0.256. The number of benzene rings is 2. The van der Waals surface area contributed by atoms with Crippen molar-refractivity contribution in [3.8, 4) is 5.75 Å². The van der Waals surface area contributed by atoms with Crippen LogP contribution in [0.4, 0.5) is 4.39 Å². The van der Waals surface area contributed by atoms with Gasteiger partial charge in [-0.25, -0.2) is 4.39 Å². The van der Waals surface area contributed by atoms with E-state index in [1.54, 1.807) is 13.2 Å². The third-order valence-electron chi connectivity index (χ3n) is 3.37. The number of hydrogen-bond acceptors (Lipinski definition) is 2. The Morgan fingerprint density at radius 3 is 2.55 bits per heavy atom. The van der Waals surface area contributed by atoms with Gasteiger partial charge < -0.3 is 10.1 Å². The molecule has 0 aliphatic carbocycles. The van der Waals surface area contributed by atoms with Gasteiger partial charge in [-0.1, -0.05) is 18.2 Å². The molecular weight excluding hydrogens is 321 g/mol. The van der Waals surface area contributed by atoms with Crippen LogP contribution in [-0.4, -0.2) is 14.2 Å². The Bertz CT molecular complexity index is 615. The number of aryl methyl sites for hydroxylation is 1. The summed E-state index contributed by atoms with van der Waals surface area (Å²) in [6.45, 7) is 2.02. The van der Waals surface area contributed by atoms with E-state index in [4.69, 9.17) is 4.74 Å². The quantitative estimate of drug-likeness (QED) is 0.902. The van der Waals surface area contributed by atoms with Crippen LogP contribution in [0, 0.1) is 12.7 Å². The third-order valence-corrected chi connectivity index (χ3v) is 4.21. The van der Waals surface area contributed by atoms with Crippen LogP contribution in [-0.2, 0) is 0 Å². The Morgan fingerprint density at radius 1 is 1.20 bits per heavy atom. The van der Waals surface area contributed by atoms with E-state index in [1.807, 2.05) is 38.2 Å². The lowest BCUT2D eigenvalue weighted by Gasteiger charge is -2.21. The molecule has 106 valence electrons. The van der Waals surface area contributed by atoms with Gasteiger partial charge >= 0.3 is 0 Å². The van der Waals surface area contributed by atoms with E-state index in [0.29, 0.717) is 4.47 Å². The van der Waals surface area contributed by atoms with Crippen molar-refractivity contribution >= 4 is 15.9 Å². The maximum atomic E-state index is 13.7. The van der Waals surface area contributed by atoms with Crippen LogP contribution in [0.15, 0.2) is 40.9 Å². The Labute approximate surface area is 127 Å². The lowest BCUT2D eigenvalue weighted by Crippen LogP contribution is -2.19. The molecule has 1 atom stereocenters. The summed E-state index contributed by atoms with van der Waals surface area (Å²) in [6.07, 6.45) is 0. The van der Waals surface area contributed by atoms with Crippen molar-refractivity contribution in [2.45, 2.75) is 13.0 Å². The lowest BCUT2D eigenvalue weighted by atomic mass is 9.95. The van der Waals surface area contributed by atoms with Gasteiger partial charge in [0.1, 0.15) is 11.6 Å². The van der Waals surface area contributed by atoms with Crippen molar-refractivity contribution in [1.82, 2.24) is 5.32 Å². The first-order valence-corrected chi connectivity index (χ1v) is 7.13. The van der Waals surface area contributed by atoms with Crippen LogP contribution in [0.5, 0.6) is 5.75 Å². The average molecular weight is 338 g/mol. The van der Waals surface area contributed by atoms with E-state index in [-0.39, 0.29) is 11.9 Å². The molecule has 1 unspecified atom stereocenters. The van der Waals surface area contributed by atoms with Crippen LogP contribution in [0.25, 0.3) is 0 Å². The van der Waals surface area contributed by atoms with Gasteiger partial charge in [0.05, 0.1) is 17.6 Å². The second kappa shape index (κ2) is 6.37. The number of nitrogens with one attached hydrogen (secondary N) is 1. The summed E-state index contributed by atoms with van der Waals surface area (Å²) < 4.78 is 19.4. The molecule has 0 bridgehead atoms. The zero-order valence-corrected chi connectivity index (χ0v) is 13.3. The summed E-state index contributed by atoms with van der Waals surface area (Å²) in [6, 6.07) is 10.9. The first-order chi connectivity index (χ1) is 9.58. The molecule has 2 aromatic rings. The first kappa shape index (κ1) is 15.0. The molecule has 2 aromatic carbocycles. The molecule has 0 heterocycles. The highest BCUT2D eigenvalue weighted by Gasteiger charge is 2.18. The monoisotopic (exact) mass is 337 g/mol. The van der Waals surface area contributed by atoms with Crippen LogP contribution in [0.3, 0.4) is 0 Å². The summed E-state index contributed by atoms with van der Waals surface area (Å²) in [5.41, 5.74) is 3.07. The van der Waals surface area contributed by atoms with Gasteiger partial charge in [-0.2, -0.15) is 0 Å². The maximum absolute atomic E-state index is 13.7. The van der Waals surface area contributed by atoms with E-state index in [9.17, 15) is 4.39 Å². The number of hydrogen-bond donors (Lipinski definition) is 1. The van der Waals surface area contributed by atoms with Crippen molar-refractivity contribution in [3.05, 3.63) is 63.4 Å². The molecule has 0 saturated carbocycles. The summed E-state index contributed by atoms with van der Waals surface area (Å²) >= 11 is 3.33. The van der Waals surface area contributed by atoms with Gasteiger partial charge in [-0.05, 0) is 64.8 Å².